The summed E-state index contributed by atoms with van der Waals surface area (Å²) >= 11 is 0. The molecule has 1 aromatic rings. The van der Waals surface area contributed by atoms with E-state index in [2.05, 4.69) is 0 Å². The van der Waals surface area contributed by atoms with E-state index >= 15 is 0 Å². The summed E-state index contributed by atoms with van der Waals surface area (Å²) in [5.41, 5.74) is 0.236. The Bertz CT molecular complexity index is 561. The van der Waals surface area contributed by atoms with Gasteiger partial charge in [-0.3, -0.25) is 4.79 Å². The average molecular weight is 325 g/mol. The van der Waals surface area contributed by atoms with Gasteiger partial charge in [0, 0.05) is 13.0 Å². The highest BCUT2D eigenvalue weighted by Crippen LogP contribution is 2.25. The Morgan fingerprint density at radius 3 is 2.78 bits per heavy atom. The molecule has 2 aliphatic heterocycles. The number of piperidine rings is 1. The van der Waals surface area contributed by atoms with Crippen LogP contribution in [0.4, 0.5) is 8.78 Å². The third-order valence-corrected chi connectivity index (χ3v) is 4.45. The molecule has 23 heavy (non-hydrogen) atoms. The molecule has 0 aliphatic carbocycles. The monoisotopic (exact) mass is 325 g/mol. The maximum Gasteiger partial charge on any atom is 0.223 e. The van der Waals surface area contributed by atoms with Crippen molar-refractivity contribution in [3.05, 3.63) is 35.4 Å². The number of ether oxygens (including phenoxy) is 2. The van der Waals surface area contributed by atoms with Gasteiger partial charge in [0.1, 0.15) is 11.6 Å². The Balaban J connectivity index is 1.62. The maximum atomic E-state index is 13.7. The normalized spacial score (nSPS) is 22.5. The molecule has 1 atom stereocenters. The van der Waals surface area contributed by atoms with E-state index < -0.39 is 11.6 Å². The number of carbonyl (C=O) groups excluding carboxylic acids is 1. The summed E-state index contributed by atoms with van der Waals surface area (Å²) in [6.45, 7) is 1.77. The van der Waals surface area contributed by atoms with Crippen molar-refractivity contribution in [1.82, 2.24) is 4.90 Å². The van der Waals surface area contributed by atoms with Crippen LogP contribution in [0.5, 0.6) is 0 Å². The van der Waals surface area contributed by atoms with Gasteiger partial charge in [-0.1, -0.05) is 0 Å². The van der Waals surface area contributed by atoms with Gasteiger partial charge < -0.3 is 14.4 Å². The quantitative estimate of drug-likeness (QED) is 0.854. The molecule has 3 rings (SSSR count). The molecule has 0 radical (unpaired) electrons. The van der Waals surface area contributed by atoms with Crippen LogP contribution < -0.4 is 0 Å². The van der Waals surface area contributed by atoms with Crippen molar-refractivity contribution in [3.63, 3.8) is 0 Å². The minimum Gasteiger partial charge on any atom is -0.348 e. The van der Waals surface area contributed by atoms with Gasteiger partial charge in [0.15, 0.2) is 6.29 Å². The second kappa shape index (κ2) is 7.36. The van der Waals surface area contributed by atoms with Crippen LogP contribution in [-0.4, -0.2) is 42.9 Å². The van der Waals surface area contributed by atoms with E-state index in [9.17, 15) is 13.6 Å². The van der Waals surface area contributed by atoms with Gasteiger partial charge in [0.2, 0.25) is 5.91 Å². The molecule has 1 aromatic carbocycles. The van der Waals surface area contributed by atoms with Crippen molar-refractivity contribution in [1.29, 1.82) is 0 Å². The third kappa shape index (κ3) is 3.87. The minimum atomic E-state index is -0.488. The van der Waals surface area contributed by atoms with Gasteiger partial charge in [0.05, 0.1) is 19.3 Å². The van der Waals surface area contributed by atoms with Crippen molar-refractivity contribution in [2.75, 3.05) is 19.8 Å². The lowest BCUT2D eigenvalue weighted by Gasteiger charge is -2.38. The zero-order valence-corrected chi connectivity index (χ0v) is 13.0. The van der Waals surface area contributed by atoms with Gasteiger partial charge in [-0.25, -0.2) is 8.78 Å². The molecule has 0 saturated carbocycles. The van der Waals surface area contributed by atoms with Gasteiger partial charge in [0.25, 0.3) is 0 Å². The van der Waals surface area contributed by atoms with Crippen LogP contribution in [0.3, 0.4) is 0 Å². The lowest BCUT2D eigenvalue weighted by Crippen LogP contribution is -2.50. The summed E-state index contributed by atoms with van der Waals surface area (Å²) in [4.78, 5) is 14.3. The number of rotatable bonds is 4. The number of likely N-dealkylation sites (tertiary alicyclic amines) is 1. The Hall–Kier alpha value is -1.53. The molecule has 2 saturated heterocycles. The predicted octanol–water partition coefficient (Wildman–Crippen LogP) is 2.65. The molecule has 6 heteroatoms. The minimum absolute atomic E-state index is 0.0579. The molecule has 0 N–H and O–H groups in total. The van der Waals surface area contributed by atoms with Gasteiger partial charge >= 0.3 is 0 Å². The van der Waals surface area contributed by atoms with E-state index in [0.717, 1.165) is 37.5 Å². The van der Waals surface area contributed by atoms with E-state index in [0.29, 0.717) is 19.8 Å². The molecule has 2 heterocycles. The van der Waals surface area contributed by atoms with Crippen LogP contribution in [-0.2, 0) is 20.7 Å². The molecule has 4 nitrogen and oxygen atoms in total. The van der Waals surface area contributed by atoms with Crippen LogP contribution in [0.25, 0.3) is 0 Å². The maximum absolute atomic E-state index is 13.7. The third-order valence-electron chi connectivity index (χ3n) is 4.45. The number of carbonyl (C=O) groups is 1. The first-order chi connectivity index (χ1) is 11.1. The van der Waals surface area contributed by atoms with E-state index in [1.807, 2.05) is 0 Å². The zero-order valence-electron chi connectivity index (χ0n) is 13.0. The van der Waals surface area contributed by atoms with Crippen molar-refractivity contribution in [3.8, 4) is 0 Å². The largest absolute Gasteiger partial charge is 0.348 e. The summed E-state index contributed by atoms with van der Waals surface area (Å²) < 4.78 is 37.9. The van der Waals surface area contributed by atoms with Crippen LogP contribution in [0.1, 0.15) is 31.2 Å². The second-order valence-electron chi connectivity index (χ2n) is 6.00. The van der Waals surface area contributed by atoms with Gasteiger partial charge in [-0.2, -0.15) is 0 Å². The Morgan fingerprint density at radius 2 is 2.00 bits per heavy atom. The molecule has 0 spiro atoms. The molecule has 2 fully saturated rings. The number of halogens is 2. The summed E-state index contributed by atoms with van der Waals surface area (Å²) in [5.74, 6) is -1.02. The van der Waals surface area contributed by atoms with Crippen molar-refractivity contribution >= 4 is 5.91 Å². The van der Waals surface area contributed by atoms with Crippen LogP contribution >= 0.6 is 0 Å². The van der Waals surface area contributed by atoms with Crippen molar-refractivity contribution in [2.45, 2.75) is 44.4 Å². The number of nitrogens with zero attached hydrogens (tertiary/aromatic N) is 1. The van der Waals surface area contributed by atoms with Gasteiger partial charge in [-0.15, -0.1) is 0 Å². The predicted molar refractivity (Wildman–Crippen MR) is 79.7 cm³/mol. The fourth-order valence-electron chi connectivity index (χ4n) is 3.27. The van der Waals surface area contributed by atoms with E-state index in [1.54, 1.807) is 4.90 Å². The SMILES string of the molecule is O=C(CCc1cc(F)ccc1F)N1CCCCC1C1OCCO1. The molecule has 126 valence electrons. The molecular formula is C17H21F2NO3. The summed E-state index contributed by atoms with van der Waals surface area (Å²) in [5, 5.41) is 0. The topological polar surface area (TPSA) is 38.8 Å². The Labute approximate surface area is 134 Å². The fourth-order valence-corrected chi connectivity index (χ4v) is 3.27. The molecule has 1 amide bonds. The standard InChI is InChI=1S/C17H21F2NO3/c18-13-5-6-14(19)12(11-13)4-7-16(21)20-8-2-1-3-15(20)17-22-9-10-23-17/h5-6,11,15,17H,1-4,7-10H2. The number of hydrogen-bond donors (Lipinski definition) is 0. The summed E-state index contributed by atoms with van der Waals surface area (Å²) in [7, 11) is 0. The number of aryl methyl sites for hydroxylation is 1. The molecule has 2 aliphatic rings. The first-order valence-corrected chi connectivity index (χ1v) is 8.12. The van der Waals surface area contributed by atoms with Crippen molar-refractivity contribution in [2.24, 2.45) is 0 Å². The Kier molecular flexibility index (Phi) is 5.23. The molecule has 0 bridgehead atoms. The molecule has 0 aromatic heterocycles. The molecular weight excluding hydrogens is 304 g/mol. The Morgan fingerprint density at radius 1 is 1.22 bits per heavy atom. The number of amides is 1. The number of benzene rings is 1. The average Bonchev–Trinajstić information content (AvgIpc) is 3.10. The van der Waals surface area contributed by atoms with Crippen LogP contribution in [0.15, 0.2) is 18.2 Å². The van der Waals surface area contributed by atoms with E-state index in [1.165, 1.54) is 0 Å². The number of hydrogen-bond acceptors (Lipinski definition) is 3. The second-order valence-corrected chi connectivity index (χ2v) is 6.00. The first-order valence-electron chi connectivity index (χ1n) is 8.12. The summed E-state index contributed by atoms with van der Waals surface area (Å²) in [6, 6.07) is 3.25. The lowest BCUT2D eigenvalue weighted by atomic mass is 10.00. The van der Waals surface area contributed by atoms with Gasteiger partial charge in [-0.05, 0) is 49.4 Å². The smallest absolute Gasteiger partial charge is 0.223 e. The van der Waals surface area contributed by atoms with Crippen molar-refractivity contribution < 1.29 is 23.0 Å². The van der Waals surface area contributed by atoms with Crippen LogP contribution in [0.2, 0.25) is 0 Å². The highest BCUT2D eigenvalue weighted by molar-refractivity contribution is 5.77. The summed E-state index contributed by atoms with van der Waals surface area (Å²) in [6.07, 6.45) is 2.83. The van der Waals surface area contributed by atoms with E-state index in [-0.39, 0.29) is 36.6 Å². The first kappa shape index (κ1) is 16.3. The highest BCUT2D eigenvalue weighted by Gasteiger charge is 2.35. The van der Waals surface area contributed by atoms with E-state index in [4.69, 9.17) is 9.47 Å². The highest BCUT2D eigenvalue weighted by atomic mass is 19.1. The fraction of sp³-hybridized carbons (Fsp3) is 0.588. The molecule has 1 unspecified atom stereocenters. The van der Waals surface area contributed by atoms with Crippen LogP contribution in [0, 0.1) is 11.6 Å². The zero-order chi connectivity index (χ0) is 16.2. The lowest BCUT2D eigenvalue weighted by molar-refractivity contribution is -0.150.